The number of imide groups is 1. The van der Waals surface area contributed by atoms with Crippen molar-refractivity contribution in [2.24, 2.45) is 0 Å². The largest absolute Gasteiger partial charge is 0.361 e. The summed E-state index contributed by atoms with van der Waals surface area (Å²) in [6.07, 6.45) is 3.79. The average molecular weight is 477 g/mol. The molecular weight excluding hydrogens is 456 g/mol. The van der Waals surface area contributed by atoms with Crippen LogP contribution in [0.5, 0.6) is 0 Å². The van der Waals surface area contributed by atoms with Gasteiger partial charge in [0.25, 0.3) is 11.8 Å². The van der Waals surface area contributed by atoms with Crippen molar-refractivity contribution in [2.45, 2.75) is 6.54 Å². The van der Waals surface area contributed by atoms with Gasteiger partial charge in [0.15, 0.2) is 0 Å². The summed E-state index contributed by atoms with van der Waals surface area (Å²) in [6, 6.07) is 13.8. The number of hydrogen-bond donors (Lipinski definition) is 2. The van der Waals surface area contributed by atoms with Crippen LogP contribution < -0.4 is 5.32 Å². The van der Waals surface area contributed by atoms with E-state index < -0.39 is 0 Å². The molecule has 0 unspecified atom stereocenters. The maximum Gasteiger partial charge on any atom is 0.259 e. The van der Waals surface area contributed by atoms with Gasteiger partial charge in [0, 0.05) is 62.9 Å². The van der Waals surface area contributed by atoms with E-state index in [0.717, 1.165) is 50.5 Å². The van der Waals surface area contributed by atoms with E-state index in [4.69, 9.17) is 0 Å². The molecule has 0 aliphatic carbocycles. The summed E-state index contributed by atoms with van der Waals surface area (Å²) in [5.74, 6) is -0.726. The number of amides is 2. The topological polar surface area (TPSA) is 70.1 Å². The van der Waals surface area contributed by atoms with Crippen LogP contribution in [0.4, 0.5) is 0 Å². The lowest BCUT2D eigenvalue weighted by atomic mass is 9.95. The molecule has 3 heterocycles. The lowest BCUT2D eigenvalue weighted by Gasteiger charge is -2.11. The molecule has 5 rings (SSSR count). The van der Waals surface area contributed by atoms with E-state index in [1.165, 1.54) is 0 Å². The van der Waals surface area contributed by atoms with Crippen LogP contribution in [0.1, 0.15) is 11.1 Å². The van der Waals surface area contributed by atoms with E-state index in [9.17, 15) is 9.59 Å². The minimum absolute atomic E-state index is 0.361. The molecule has 2 N–H and O–H groups in total. The summed E-state index contributed by atoms with van der Waals surface area (Å²) >= 11 is 3.56. The predicted molar refractivity (Wildman–Crippen MR) is 126 cm³/mol. The zero-order chi connectivity index (χ0) is 21.7. The Morgan fingerprint density at radius 1 is 0.968 bits per heavy atom. The van der Waals surface area contributed by atoms with Gasteiger partial charge in [0.1, 0.15) is 0 Å². The first kappa shape index (κ1) is 19.8. The Morgan fingerprint density at radius 2 is 1.71 bits per heavy atom. The third-order valence-electron chi connectivity index (χ3n) is 5.69. The van der Waals surface area contributed by atoms with Gasteiger partial charge in [-0.05, 0) is 32.3 Å². The quantitative estimate of drug-likeness (QED) is 0.427. The van der Waals surface area contributed by atoms with Crippen LogP contribution in [0.3, 0.4) is 0 Å². The van der Waals surface area contributed by atoms with Crippen molar-refractivity contribution in [3.63, 3.8) is 0 Å². The van der Waals surface area contributed by atoms with Crippen molar-refractivity contribution < 1.29 is 9.59 Å². The molecule has 0 bridgehead atoms. The highest BCUT2D eigenvalue weighted by Gasteiger charge is 2.35. The summed E-state index contributed by atoms with van der Waals surface area (Å²) in [6.45, 7) is 1.63. The number of para-hydroxylation sites is 1. The number of rotatable bonds is 5. The minimum atomic E-state index is -0.365. The molecule has 2 amide bonds. The Labute approximate surface area is 187 Å². The molecule has 0 saturated carbocycles. The third kappa shape index (κ3) is 3.30. The molecular formula is C24H21BrN4O2. The van der Waals surface area contributed by atoms with Crippen LogP contribution in [0, 0.1) is 0 Å². The summed E-state index contributed by atoms with van der Waals surface area (Å²) < 4.78 is 3.11. The molecule has 0 spiro atoms. The Bertz CT molecular complexity index is 1390. The summed E-state index contributed by atoms with van der Waals surface area (Å²) in [5.41, 5.74) is 4.28. The third-order valence-corrected chi connectivity index (χ3v) is 6.18. The van der Waals surface area contributed by atoms with E-state index >= 15 is 0 Å². The number of halogens is 1. The van der Waals surface area contributed by atoms with E-state index in [1.807, 2.05) is 56.7 Å². The van der Waals surface area contributed by atoms with Crippen LogP contribution in [-0.2, 0) is 16.1 Å². The second-order valence-corrected chi connectivity index (χ2v) is 8.90. The molecule has 0 fully saturated rings. The van der Waals surface area contributed by atoms with Gasteiger partial charge in [-0.1, -0.05) is 40.2 Å². The van der Waals surface area contributed by atoms with Gasteiger partial charge >= 0.3 is 0 Å². The van der Waals surface area contributed by atoms with Crippen LogP contribution >= 0.6 is 15.9 Å². The lowest BCUT2D eigenvalue weighted by molar-refractivity contribution is -0.122. The number of hydrogen-bond acceptors (Lipinski definition) is 3. The van der Waals surface area contributed by atoms with Gasteiger partial charge in [0.05, 0.1) is 11.1 Å². The fraction of sp³-hybridized carbons (Fsp3) is 0.167. The number of carbonyl (C=O) groups excluding carboxylic acids is 2. The highest BCUT2D eigenvalue weighted by atomic mass is 79.9. The van der Waals surface area contributed by atoms with E-state index in [-0.39, 0.29) is 11.8 Å². The van der Waals surface area contributed by atoms with E-state index in [2.05, 4.69) is 41.8 Å². The Kier molecular flexibility index (Phi) is 4.79. The number of aromatic nitrogens is 2. The Morgan fingerprint density at radius 3 is 2.48 bits per heavy atom. The average Bonchev–Trinajstić information content (AvgIpc) is 3.39. The minimum Gasteiger partial charge on any atom is -0.361 e. The van der Waals surface area contributed by atoms with Gasteiger partial charge in [-0.15, -0.1) is 0 Å². The lowest BCUT2D eigenvalue weighted by Crippen LogP contribution is -2.22. The fourth-order valence-electron chi connectivity index (χ4n) is 4.20. The van der Waals surface area contributed by atoms with Gasteiger partial charge in [0.2, 0.25) is 0 Å². The number of carbonyl (C=O) groups is 2. The summed E-state index contributed by atoms with van der Waals surface area (Å²) in [4.78, 5) is 31.2. The van der Waals surface area contributed by atoms with E-state index in [1.54, 1.807) is 6.20 Å². The summed E-state index contributed by atoms with van der Waals surface area (Å²) in [7, 11) is 4.06. The molecule has 1 aliphatic rings. The number of H-pyrrole nitrogens is 1. The standard InChI is InChI=1S/C24H21BrN4O2/c1-28(2)9-10-29-13-18(16-8-7-14(25)11-20(16)29)22-21(23(30)27-24(22)31)17-12-26-19-6-4-3-5-15(17)19/h3-8,11-13,26H,9-10H2,1-2H3,(H,27,30,31). The fourth-order valence-corrected chi connectivity index (χ4v) is 4.55. The van der Waals surface area contributed by atoms with Crippen molar-refractivity contribution in [3.8, 4) is 0 Å². The molecule has 2 aromatic carbocycles. The predicted octanol–water partition coefficient (Wildman–Crippen LogP) is 4.01. The van der Waals surface area contributed by atoms with Crippen molar-refractivity contribution in [1.82, 2.24) is 19.8 Å². The number of likely N-dealkylation sites (N-methyl/N-ethyl adjacent to an activating group) is 1. The van der Waals surface area contributed by atoms with Gasteiger partial charge in [-0.3, -0.25) is 14.9 Å². The zero-order valence-corrected chi connectivity index (χ0v) is 18.8. The van der Waals surface area contributed by atoms with Crippen molar-refractivity contribution in [3.05, 3.63) is 70.5 Å². The van der Waals surface area contributed by atoms with Crippen molar-refractivity contribution >= 4 is 60.7 Å². The van der Waals surface area contributed by atoms with Gasteiger partial charge in [-0.25, -0.2) is 0 Å². The van der Waals surface area contributed by atoms with Gasteiger partial charge in [-0.2, -0.15) is 0 Å². The number of fused-ring (bicyclic) bond motifs is 2. The van der Waals surface area contributed by atoms with Crippen LogP contribution in [0.2, 0.25) is 0 Å². The number of nitrogens with one attached hydrogen (secondary N) is 2. The molecule has 2 aromatic heterocycles. The number of benzene rings is 2. The van der Waals surface area contributed by atoms with Crippen LogP contribution in [0.25, 0.3) is 33.0 Å². The Hall–Kier alpha value is -3.16. The molecule has 4 aromatic rings. The first-order chi connectivity index (χ1) is 14.9. The highest BCUT2D eigenvalue weighted by Crippen LogP contribution is 2.38. The Balaban J connectivity index is 1.77. The molecule has 0 saturated heterocycles. The second kappa shape index (κ2) is 7.51. The zero-order valence-electron chi connectivity index (χ0n) is 17.2. The maximum atomic E-state index is 13.0. The molecule has 156 valence electrons. The molecule has 7 heteroatoms. The molecule has 31 heavy (non-hydrogen) atoms. The summed E-state index contributed by atoms with van der Waals surface area (Å²) in [5, 5.41) is 4.37. The van der Waals surface area contributed by atoms with Crippen LogP contribution in [-0.4, -0.2) is 46.9 Å². The van der Waals surface area contributed by atoms with Crippen LogP contribution in [0.15, 0.2) is 59.3 Å². The molecule has 0 atom stereocenters. The number of nitrogens with zero attached hydrogens (tertiary/aromatic N) is 2. The van der Waals surface area contributed by atoms with E-state index in [0.29, 0.717) is 11.1 Å². The van der Waals surface area contributed by atoms with Crippen molar-refractivity contribution in [2.75, 3.05) is 20.6 Å². The highest BCUT2D eigenvalue weighted by molar-refractivity contribution is 9.10. The first-order valence-electron chi connectivity index (χ1n) is 10.0. The normalized spacial score (nSPS) is 14.5. The first-order valence-corrected chi connectivity index (χ1v) is 10.8. The smallest absolute Gasteiger partial charge is 0.259 e. The molecule has 1 aliphatic heterocycles. The maximum absolute atomic E-state index is 13.0. The molecule has 6 nitrogen and oxygen atoms in total. The van der Waals surface area contributed by atoms with Gasteiger partial charge < -0.3 is 14.5 Å². The molecule has 0 radical (unpaired) electrons. The second-order valence-electron chi connectivity index (χ2n) is 7.98. The monoisotopic (exact) mass is 476 g/mol. The SMILES string of the molecule is CN(C)CCn1cc(C2=C(c3c[nH]c4ccccc34)C(=O)NC2=O)c2ccc(Br)cc21. The van der Waals surface area contributed by atoms with Crippen molar-refractivity contribution in [1.29, 1.82) is 0 Å². The number of aromatic amines is 1.